The van der Waals surface area contributed by atoms with E-state index in [9.17, 15) is 4.79 Å². The predicted molar refractivity (Wildman–Crippen MR) is 135 cm³/mol. The Morgan fingerprint density at radius 3 is 2.36 bits per heavy atom. The lowest BCUT2D eigenvalue weighted by Gasteiger charge is -2.09. The fourth-order valence-electron chi connectivity index (χ4n) is 3.76. The van der Waals surface area contributed by atoms with Crippen molar-refractivity contribution < 1.29 is 14.3 Å². The molecule has 0 atom stereocenters. The molecule has 1 amide bonds. The van der Waals surface area contributed by atoms with Crippen molar-refractivity contribution in [2.45, 2.75) is 13.5 Å². The summed E-state index contributed by atoms with van der Waals surface area (Å²) in [5.41, 5.74) is 7.36. The molecule has 0 radical (unpaired) electrons. The van der Waals surface area contributed by atoms with E-state index in [0.29, 0.717) is 17.1 Å². The summed E-state index contributed by atoms with van der Waals surface area (Å²) in [6.45, 7) is 2.80. The summed E-state index contributed by atoms with van der Waals surface area (Å²) in [7, 11) is 3.09. The van der Waals surface area contributed by atoms with Gasteiger partial charge in [-0.1, -0.05) is 46.3 Å². The molecule has 0 bridgehead atoms. The molecule has 1 aromatic heterocycles. The zero-order valence-electron chi connectivity index (χ0n) is 18.6. The lowest BCUT2D eigenvalue weighted by atomic mass is 10.1. The first-order valence-corrected chi connectivity index (χ1v) is 11.2. The smallest absolute Gasteiger partial charge is 0.271 e. The van der Waals surface area contributed by atoms with Crippen LogP contribution in [0, 0.1) is 6.92 Å². The van der Waals surface area contributed by atoms with Crippen molar-refractivity contribution in [3.05, 3.63) is 93.6 Å². The van der Waals surface area contributed by atoms with Crippen LogP contribution in [0.4, 0.5) is 0 Å². The third kappa shape index (κ3) is 4.93. The number of fused-ring (bicyclic) bond motifs is 1. The Morgan fingerprint density at radius 2 is 1.70 bits per heavy atom. The molecule has 0 fully saturated rings. The van der Waals surface area contributed by atoms with E-state index in [-0.39, 0.29) is 5.91 Å². The molecule has 7 heteroatoms. The maximum absolute atomic E-state index is 12.6. The number of halogens is 1. The summed E-state index contributed by atoms with van der Waals surface area (Å²) < 4.78 is 13.8. The van der Waals surface area contributed by atoms with Crippen molar-refractivity contribution in [1.29, 1.82) is 0 Å². The first kappa shape index (κ1) is 22.6. The molecule has 4 aromatic rings. The largest absolute Gasteiger partial charge is 0.497 e. The number of carbonyl (C=O) groups excluding carboxylic acids is 1. The normalized spacial score (nSPS) is 11.2. The van der Waals surface area contributed by atoms with Gasteiger partial charge >= 0.3 is 0 Å². The Labute approximate surface area is 201 Å². The number of methoxy groups -OCH3 is 2. The molecule has 3 aromatic carbocycles. The van der Waals surface area contributed by atoms with Gasteiger partial charge in [0.2, 0.25) is 0 Å². The first-order valence-electron chi connectivity index (χ1n) is 10.4. The number of nitrogens with one attached hydrogen (secondary N) is 1. The van der Waals surface area contributed by atoms with Crippen LogP contribution in [0.15, 0.2) is 76.3 Å². The topological polar surface area (TPSA) is 64.8 Å². The van der Waals surface area contributed by atoms with Crippen LogP contribution in [0.25, 0.3) is 10.9 Å². The minimum atomic E-state index is -0.347. The van der Waals surface area contributed by atoms with Gasteiger partial charge in [0.1, 0.15) is 11.5 Å². The molecule has 0 aliphatic rings. The molecule has 6 nitrogen and oxygen atoms in total. The predicted octanol–water partition coefficient (Wildman–Crippen LogP) is 5.54. The number of aromatic nitrogens is 1. The monoisotopic (exact) mass is 505 g/mol. The van der Waals surface area contributed by atoms with Gasteiger partial charge in [-0.25, -0.2) is 5.43 Å². The third-order valence-electron chi connectivity index (χ3n) is 5.51. The van der Waals surface area contributed by atoms with E-state index in [1.165, 1.54) is 5.56 Å². The van der Waals surface area contributed by atoms with Gasteiger partial charge in [0, 0.05) is 44.8 Å². The van der Waals surface area contributed by atoms with E-state index in [1.807, 2.05) is 24.3 Å². The lowest BCUT2D eigenvalue weighted by molar-refractivity contribution is 0.0954. The highest BCUT2D eigenvalue weighted by Gasteiger charge is 2.13. The van der Waals surface area contributed by atoms with Gasteiger partial charge in [0.25, 0.3) is 5.91 Å². The minimum Gasteiger partial charge on any atom is -0.497 e. The summed E-state index contributed by atoms with van der Waals surface area (Å²) in [6.07, 6.45) is 1.70. The molecule has 168 valence electrons. The molecule has 0 saturated heterocycles. The van der Waals surface area contributed by atoms with Gasteiger partial charge in [-0.15, -0.1) is 0 Å². The van der Waals surface area contributed by atoms with Crippen LogP contribution in [0.2, 0.25) is 0 Å². The Bertz CT molecular complexity index is 1300. The second kappa shape index (κ2) is 9.92. The maximum Gasteiger partial charge on any atom is 0.271 e. The molecule has 0 spiro atoms. The van der Waals surface area contributed by atoms with Crippen molar-refractivity contribution in [2.75, 3.05) is 14.2 Å². The fourth-order valence-corrected chi connectivity index (χ4v) is 4.02. The number of para-hydroxylation sites is 1. The van der Waals surface area contributed by atoms with E-state index < -0.39 is 0 Å². The van der Waals surface area contributed by atoms with Crippen molar-refractivity contribution in [3.63, 3.8) is 0 Å². The summed E-state index contributed by atoms with van der Waals surface area (Å²) in [6, 6.07) is 21.5. The van der Waals surface area contributed by atoms with Crippen LogP contribution in [0.1, 0.15) is 27.2 Å². The van der Waals surface area contributed by atoms with Crippen LogP contribution in [0.5, 0.6) is 11.5 Å². The summed E-state index contributed by atoms with van der Waals surface area (Å²) in [5, 5.41) is 5.32. The van der Waals surface area contributed by atoms with E-state index in [2.05, 4.69) is 62.2 Å². The average molecular weight is 506 g/mol. The van der Waals surface area contributed by atoms with Crippen molar-refractivity contribution in [3.8, 4) is 11.5 Å². The molecule has 0 aliphatic heterocycles. The Morgan fingerprint density at radius 1 is 1.03 bits per heavy atom. The average Bonchev–Trinajstić information content (AvgIpc) is 3.10. The summed E-state index contributed by atoms with van der Waals surface area (Å²) in [5.74, 6) is 0.727. The van der Waals surface area contributed by atoms with Crippen LogP contribution in [0.3, 0.4) is 0 Å². The molecule has 1 N–H and O–H groups in total. The molecular weight excluding hydrogens is 482 g/mol. The standard InChI is InChI=1S/C26H24BrN3O3/c1-17-24(15-28-29-26(31)19-12-21(32-2)14-22(13-19)33-3)23-6-4-5-7-25(23)30(17)16-18-8-10-20(27)11-9-18/h4-15H,16H2,1-3H3,(H,29,31)/b28-15-. The Kier molecular flexibility index (Phi) is 6.79. The van der Waals surface area contributed by atoms with Crippen LogP contribution in [-0.2, 0) is 6.54 Å². The van der Waals surface area contributed by atoms with Gasteiger partial charge in [-0.05, 0) is 42.8 Å². The highest BCUT2D eigenvalue weighted by Crippen LogP contribution is 2.26. The zero-order chi connectivity index (χ0) is 23.4. The number of hydrogen-bond donors (Lipinski definition) is 1. The molecule has 0 unspecified atom stereocenters. The molecule has 0 aliphatic carbocycles. The highest BCUT2D eigenvalue weighted by atomic mass is 79.9. The van der Waals surface area contributed by atoms with E-state index in [1.54, 1.807) is 38.6 Å². The second-order valence-corrected chi connectivity index (χ2v) is 8.44. The van der Waals surface area contributed by atoms with Crippen molar-refractivity contribution in [2.24, 2.45) is 5.10 Å². The molecular formula is C26H24BrN3O3. The number of nitrogens with zero attached hydrogens (tertiary/aromatic N) is 2. The summed E-state index contributed by atoms with van der Waals surface area (Å²) >= 11 is 3.49. The van der Waals surface area contributed by atoms with Crippen molar-refractivity contribution >= 4 is 39.0 Å². The van der Waals surface area contributed by atoms with E-state index >= 15 is 0 Å². The second-order valence-electron chi connectivity index (χ2n) is 7.53. The fraction of sp³-hybridized carbons (Fsp3) is 0.154. The SMILES string of the molecule is COc1cc(OC)cc(C(=O)N/N=C\c2c(C)n(Cc3ccc(Br)cc3)c3ccccc23)c1. The maximum atomic E-state index is 12.6. The van der Waals surface area contributed by atoms with Gasteiger partial charge in [0.05, 0.1) is 20.4 Å². The van der Waals surface area contributed by atoms with Gasteiger partial charge < -0.3 is 14.0 Å². The van der Waals surface area contributed by atoms with Crippen LogP contribution in [-0.4, -0.2) is 30.9 Å². The minimum absolute atomic E-state index is 0.347. The number of rotatable bonds is 7. The molecule has 1 heterocycles. The van der Waals surface area contributed by atoms with Crippen molar-refractivity contribution in [1.82, 2.24) is 9.99 Å². The molecule has 0 saturated carbocycles. The highest BCUT2D eigenvalue weighted by molar-refractivity contribution is 9.10. The number of benzene rings is 3. The van der Waals surface area contributed by atoms with Crippen LogP contribution >= 0.6 is 15.9 Å². The zero-order valence-corrected chi connectivity index (χ0v) is 20.2. The number of hydrogen-bond acceptors (Lipinski definition) is 4. The number of amides is 1. The molecule has 4 rings (SSSR count). The number of carbonyl (C=O) groups is 1. The quantitative estimate of drug-likeness (QED) is 0.264. The Balaban J connectivity index is 1.60. The third-order valence-corrected chi connectivity index (χ3v) is 6.04. The summed E-state index contributed by atoms with van der Waals surface area (Å²) in [4.78, 5) is 12.6. The molecule has 33 heavy (non-hydrogen) atoms. The number of hydrazone groups is 1. The first-order chi connectivity index (χ1) is 16.0. The van der Waals surface area contributed by atoms with E-state index in [4.69, 9.17) is 9.47 Å². The Hall–Kier alpha value is -3.58. The van der Waals surface area contributed by atoms with E-state index in [0.717, 1.165) is 33.2 Å². The van der Waals surface area contributed by atoms with Gasteiger partial charge in [-0.3, -0.25) is 4.79 Å². The van der Waals surface area contributed by atoms with Crippen LogP contribution < -0.4 is 14.9 Å². The lowest BCUT2D eigenvalue weighted by Crippen LogP contribution is -2.17. The number of ether oxygens (including phenoxy) is 2. The van der Waals surface area contributed by atoms with Gasteiger partial charge in [0.15, 0.2) is 0 Å². The van der Waals surface area contributed by atoms with Gasteiger partial charge in [-0.2, -0.15) is 5.10 Å².